The molecule has 90 valence electrons. The third-order valence-corrected chi connectivity index (χ3v) is 2.59. The van der Waals surface area contributed by atoms with Gasteiger partial charge < -0.3 is 9.84 Å². The number of hydrogen-bond acceptors (Lipinski definition) is 4. The molecular weight excluding hydrogens is 240 g/mol. The second kappa shape index (κ2) is 6.49. The smallest absolute Gasteiger partial charge is 0.309 e. The first-order valence-corrected chi connectivity index (χ1v) is 5.47. The van der Waals surface area contributed by atoms with Crippen LogP contribution in [0, 0.1) is 0 Å². The van der Waals surface area contributed by atoms with Crippen molar-refractivity contribution in [3.8, 4) is 0 Å². The van der Waals surface area contributed by atoms with E-state index in [9.17, 15) is 13.6 Å². The lowest BCUT2D eigenvalue weighted by Crippen LogP contribution is -2.07. The first-order valence-electron chi connectivity index (χ1n) is 4.59. The van der Waals surface area contributed by atoms with Gasteiger partial charge in [-0.3, -0.25) is 4.79 Å². The van der Waals surface area contributed by atoms with E-state index in [1.807, 2.05) is 0 Å². The molecule has 0 bridgehead atoms. The maximum absolute atomic E-state index is 11.7. The van der Waals surface area contributed by atoms with E-state index < -0.39 is 19.0 Å². The minimum atomic E-state index is -2.46. The average molecular weight is 251 g/mol. The number of hydrogen-bond donors (Lipinski definition) is 1. The Kier molecular flexibility index (Phi) is 5.27. The van der Waals surface area contributed by atoms with Crippen LogP contribution in [0.5, 0.6) is 0 Å². The molecule has 0 saturated carbocycles. The molecule has 0 spiro atoms. The number of nitrogens with zero attached hydrogens (tertiary/aromatic N) is 1. The predicted molar refractivity (Wildman–Crippen MR) is 54.0 cm³/mol. The standard InChI is InChI=1S/C9H11F2NO3S/c10-7(11)4-15-2-1-8-12-6(5-16-8)3-9(13)14/h5,7H,1-4H2,(H,13,14). The molecule has 0 radical (unpaired) electrons. The number of aliphatic carboxylic acids is 1. The fraction of sp³-hybridized carbons (Fsp3) is 0.556. The highest BCUT2D eigenvalue weighted by atomic mass is 32.1. The van der Waals surface area contributed by atoms with Crippen molar-refractivity contribution in [3.63, 3.8) is 0 Å². The van der Waals surface area contributed by atoms with Crippen molar-refractivity contribution in [3.05, 3.63) is 16.1 Å². The summed E-state index contributed by atoms with van der Waals surface area (Å²) in [6.07, 6.45) is -2.15. The molecule has 1 rings (SSSR count). The van der Waals surface area contributed by atoms with Gasteiger partial charge in [0, 0.05) is 11.8 Å². The van der Waals surface area contributed by atoms with E-state index in [0.717, 1.165) is 0 Å². The summed E-state index contributed by atoms with van der Waals surface area (Å²) in [6, 6.07) is 0. The van der Waals surface area contributed by atoms with Gasteiger partial charge in [0.25, 0.3) is 6.43 Å². The van der Waals surface area contributed by atoms with E-state index in [-0.39, 0.29) is 13.0 Å². The lowest BCUT2D eigenvalue weighted by Gasteiger charge is -2.00. The number of carbonyl (C=O) groups is 1. The fourth-order valence-corrected chi connectivity index (χ4v) is 1.81. The van der Waals surface area contributed by atoms with Crippen molar-refractivity contribution in [1.82, 2.24) is 4.98 Å². The number of aromatic nitrogens is 1. The van der Waals surface area contributed by atoms with Gasteiger partial charge in [0.05, 0.1) is 23.7 Å². The zero-order valence-electron chi connectivity index (χ0n) is 8.36. The van der Waals surface area contributed by atoms with Gasteiger partial charge in [-0.05, 0) is 0 Å². The Labute approximate surface area is 94.9 Å². The summed E-state index contributed by atoms with van der Waals surface area (Å²) < 4.78 is 28.1. The van der Waals surface area contributed by atoms with Crippen LogP contribution in [0.2, 0.25) is 0 Å². The van der Waals surface area contributed by atoms with Crippen LogP contribution in [0.15, 0.2) is 5.38 Å². The Bertz CT molecular complexity index is 343. The quantitative estimate of drug-likeness (QED) is 0.748. The molecule has 0 saturated heterocycles. The Balaban J connectivity index is 2.26. The Morgan fingerprint density at radius 3 is 3.00 bits per heavy atom. The van der Waals surface area contributed by atoms with E-state index in [1.54, 1.807) is 5.38 Å². The normalized spacial score (nSPS) is 10.9. The Morgan fingerprint density at radius 1 is 1.62 bits per heavy atom. The lowest BCUT2D eigenvalue weighted by molar-refractivity contribution is -0.136. The first kappa shape index (κ1) is 13.0. The molecule has 0 atom stereocenters. The van der Waals surface area contributed by atoms with E-state index in [4.69, 9.17) is 5.11 Å². The molecule has 0 amide bonds. The third-order valence-electron chi connectivity index (χ3n) is 1.64. The third kappa shape index (κ3) is 5.13. The molecule has 1 aromatic heterocycles. The highest BCUT2D eigenvalue weighted by Gasteiger charge is 2.07. The zero-order valence-corrected chi connectivity index (χ0v) is 9.17. The molecule has 7 heteroatoms. The van der Waals surface area contributed by atoms with Crippen molar-refractivity contribution in [1.29, 1.82) is 0 Å². The number of ether oxygens (including phenoxy) is 1. The van der Waals surface area contributed by atoms with Crippen LogP contribution < -0.4 is 0 Å². The van der Waals surface area contributed by atoms with Gasteiger partial charge >= 0.3 is 5.97 Å². The molecular formula is C9H11F2NO3S. The van der Waals surface area contributed by atoms with Crippen molar-refractivity contribution in [2.75, 3.05) is 13.2 Å². The van der Waals surface area contributed by atoms with E-state index in [0.29, 0.717) is 17.1 Å². The van der Waals surface area contributed by atoms with Crippen LogP contribution >= 0.6 is 11.3 Å². The van der Waals surface area contributed by atoms with E-state index in [2.05, 4.69) is 9.72 Å². The van der Waals surface area contributed by atoms with Gasteiger partial charge in [0.2, 0.25) is 0 Å². The number of thiazole rings is 1. The minimum Gasteiger partial charge on any atom is -0.481 e. The summed E-state index contributed by atoms with van der Waals surface area (Å²) in [6.45, 7) is -0.405. The summed E-state index contributed by atoms with van der Waals surface area (Å²) in [5, 5.41) is 10.9. The highest BCUT2D eigenvalue weighted by molar-refractivity contribution is 7.09. The van der Waals surface area contributed by atoms with Crippen molar-refractivity contribution >= 4 is 17.3 Å². The fourth-order valence-electron chi connectivity index (χ4n) is 1.03. The second-order valence-electron chi connectivity index (χ2n) is 3.02. The lowest BCUT2D eigenvalue weighted by atomic mass is 10.3. The number of halogens is 2. The second-order valence-corrected chi connectivity index (χ2v) is 3.96. The van der Waals surface area contributed by atoms with Gasteiger partial charge in [0.1, 0.15) is 6.61 Å². The first-order chi connectivity index (χ1) is 7.58. The van der Waals surface area contributed by atoms with Crippen LogP contribution in [0.25, 0.3) is 0 Å². The van der Waals surface area contributed by atoms with Crippen LogP contribution in [0.3, 0.4) is 0 Å². The predicted octanol–water partition coefficient (Wildman–Crippen LogP) is 1.59. The van der Waals surface area contributed by atoms with Crippen LogP contribution in [-0.2, 0) is 22.4 Å². The molecule has 16 heavy (non-hydrogen) atoms. The summed E-state index contributed by atoms with van der Waals surface area (Å²) >= 11 is 1.31. The molecule has 1 aromatic rings. The molecule has 1 N–H and O–H groups in total. The van der Waals surface area contributed by atoms with Crippen molar-refractivity contribution < 1.29 is 23.4 Å². The van der Waals surface area contributed by atoms with Gasteiger partial charge in [-0.2, -0.15) is 0 Å². The SMILES string of the molecule is O=C(O)Cc1csc(CCOCC(F)F)n1. The Morgan fingerprint density at radius 2 is 2.38 bits per heavy atom. The number of alkyl halides is 2. The number of carboxylic acid groups (broad SMARTS) is 1. The van der Waals surface area contributed by atoms with Gasteiger partial charge in [-0.1, -0.05) is 0 Å². The van der Waals surface area contributed by atoms with Crippen LogP contribution in [0.4, 0.5) is 8.78 Å². The van der Waals surface area contributed by atoms with Gasteiger partial charge in [-0.15, -0.1) is 11.3 Å². The van der Waals surface area contributed by atoms with Gasteiger partial charge in [-0.25, -0.2) is 13.8 Å². The number of carboxylic acids is 1. The molecule has 0 aromatic carbocycles. The summed E-state index contributed by atoms with van der Waals surface area (Å²) in [5.41, 5.74) is 0.487. The van der Waals surface area contributed by atoms with E-state index in [1.165, 1.54) is 11.3 Å². The summed E-state index contributed by atoms with van der Waals surface area (Å²) in [4.78, 5) is 14.4. The average Bonchev–Trinajstić information content (AvgIpc) is 2.59. The molecule has 1 heterocycles. The molecule has 0 unspecified atom stereocenters. The molecule has 0 fully saturated rings. The maximum Gasteiger partial charge on any atom is 0.309 e. The summed E-state index contributed by atoms with van der Waals surface area (Å²) in [7, 11) is 0. The topological polar surface area (TPSA) is 59.4 Å². The van der Waals surface area contributed by atoms with Gasteiger partial charge in [0.15, 0.2) is 0 Å². The summed E-state index contributed by atoms with van der Waals surface area (Å²) in [5.74, 6) is -0.939. The molecule has 0 aliphatic heterocycles. The Hall–Kier alpha value is -1.08. The van der Waals surface area contributed by atoms with Crippen molar-refractivity contribution in [2.24, 2.45) is 0 Å². The van der Waals surface area contributed by atoms with E-state index >= 15 is 0 Å². The molecule has 0 aliphatic carbocycles. The highest BCUT2D eigenvalue weighted by Crippen LogP contribution is 2.11. The zero-order chi connectivity index (χ0) is 12.0. The van der Waals surface area contributed by atoms with Crippen LogP contribution in [0.1, 0.15) is 10.7 Å². The van der Waals surface area contributed by atoms with Crippen LogP contribution in [-0.4, -0.2) is 35.7 Å². The molecule has 4 nitrogen and oxygen atoms in total. The monoisotopic (exact) mass is 251 g/mol. The largest absolute Gasteiger partial charge is 0.481 e. The minimum absolute atomic E-state index is 0.117. The maximum atomic E-state index is 11.7. The number of rotatable bonds is 7. The van der Waals surface area contributed by atoms with Crippen molar-refractivity contribution in [2.45, 2.75) is 19.3 Å². The molecule has 0 aliphatic rings.